The molecule has 2 saturated heterocycles. The molecule has 0 amide bonds. The third kappa shape index (κ3) is 9.29. The van der Waals surface area contributed by atoms with Gasteiger partial charge in [-0.1, -0.05) is 58.8 Å². The SMILES string of the molecule is Cc1oncc1-c1cnc2c3ccc(C(C)(C)O)cc3n(C(c3ccc(F)cc3)C3CCOCC3)c2c1.Cc1oncc1-c1cnc2c3ccc(C(C)(C)O)cc3n(C(c3ccc(F)cc3)C3CCOCC3)c2c1. The summed E-state index contributed by atoms with van der Waals surface area (Å²) in [4.78, 5) is 9.83. The van der Waals surface area contributed by atoms with Gasteiger partial charge in [-0.25, -0.2) is 8.78 Å². The molecule has 380 valence electrons. The second kappa shape index (κ2) is 19.6. The van der Waals surface area contributed by atoms with Crippen LogP contribution in [0.15, 0.2) is 131 Å². The van der Waals surface area contributed by atoms with E-state index in [1.54, 1.807) is 40.1 Å². The standard InChI is InChI=1S/2C30H30FN3O3/c2*1-18-25(17-33-37-18)21-14-27-28(32-16-21)24-9-6-22(30(2,3)35)15-26(24)34(27)29(20-10-12-36-13-11-20)19-4-7-23(31)8-5-19/h2*4-9,14-17,20,29,35H,10-13H2,1-3H3. The van der Waals surface area contributed by atoms with Gasteiger partial charge < -0.3 is 37.9 Å². The van der Waals surface area contributed by atoms with Crippen molar-refractivity contribution in [2.75, 3.05) is 26.4 Å². The lowest BCUT2D eigenvalue weighted by atomic mass is 9.86. The van der Waals surface area contributed by atoms with Crippen LogP contribution in [0.4, 0.5) is 8.78 Å². The zero-order chi connectivity index (χ0) is 51.5. The summed E-state index contributed by atoms with van der Waals surface area (Å²) in [5, 5.41) is 31.6. The van der Waals surface area contributed by atoms with Crippen LogP contribution in [0.5, 0.6) is 0 Å². The van der Waals surface area contributed by atoms with Crippen LogP contribution in [-0.2, 0) is 20.7 Å². The van der Waals surface area contributed by atoms with Crippen LogP contribution < -0.4 is 0 Å². The molecule has 12 nitrogen and oxygen atoms in total. The highest BCUT2D eigenvalue weighted by Crippen LogP contribution is 2.44. The van der Waals surface area contributed by atoms with E-state index in [0.29, 0.717) is 26.4 Å². The van der Waals surface area contributed by atoms with Crippen molar-refractivity contribution in [1.82, 2.24) is 29.4 Å². The van der Waals surface area contributed by atoms with Gasteiger partial charge in [0.1, 0.15) is 23.2 Å². The summed E-state index contributed by atoms with van der Waals surface area (Å²) < 4.78 is 54.7. The van der Waals surface area contributed by atoms with Crippen LogP contribution >= 0.6 is 0 Å². The summed E-state index contributed by atoms with van der Waals surface area (Å²) >= 11 is 0. The predicted octanol–water partition coefficient (Wildman–Crippen LogP) is 13.1. The molecule has 0 radical (unpaired) electrons. The van der Waals surface area contributed by atoms with Crippen LogP contribution in [0, 0.1) is 37.3 Å². The number of benzene rings is 4. The maximum absolute atomic E-state index is 14.0. The van der Waals surface area contributed by atoms with Gasteiger partial charge in [-0.15, -0.1) is 0 Å². The van der Waals surface area contributed by atoms with Crippen molar-refractivity contribution in [2.45, 2.75) is 90.5 Å². The number of aromatic nitrogens is 6. The van der Waals surface area contributed by atoms with Crippen molar-refractivity contribution in [3.05, 3.63) is 167 Å². The molecular formula is C60H60F2N6O6. The lowest BCUT2D eigenvalue weighted by Gasteiger charge is -2.33. The van der Waals surface area contributed by atoms with E-state index in [-0.39, 0.29) is 35.6 Å². The van der Waals surface area contributed by atoms with E-state index in [1.165, 1.54) is 24.3 Å². The van der Waals surface area contributed by atoms with Crippen molar-refractivity contribution in [1.29, 1.82) is 0 Å². The van der Waals surface area contributed by atoms with Crippen LogP contribution in [0.1, 0.15) is 99.2 Å². The Morgan fingerprint density at radius 3 is 1.23 bits per heavy atom. The average molecular weight is 999 g/mol. The molecule has 0 saturated carbocycles. The fourth-order valence-electron chi connectivity index (χ4n) is 11.3. The first-order valence-corrected chi connectivity index (χ1v) is 25.4. The number of hydrogen-bond acceptors (Lipinski definition) is 10. The minimum Gasteiger partial charge on any atom is -0.386 e. The topological polar surface area (TPSA) is 147 Å². The molecule has 12 rings (SSSR count). The molecule has 2 fully saturated rings. The molecule has 0 aliphatic carbocycles. The van der Waals surface area contributed by atoms with E-state index in [1.807, 2.05) is 74.8 Å². The second-order valence-electron chi connectivity index (χ2n) is 21.0. The van der Waals surface area contributed by atoms with Gasteiger partial charge in [0.05, 0.1) is 68.8 Å². The van der Waals surface area contributed by atoms with Gasteiger partial charge in [0.25, 0.3) is 0 Å². The first-order chi connectivity index (χ1) is 35.6. The van der Waals surface area contributed by atoms with Crippen molar-refractivity contribution in [2.24, 2.45) is 11.8 Å². The molecule has 2 atom stereocenters. The molecule has 2 aliphatic heterocycles. The molecular weight excluding hydrogens is 939 g/mol. The number of halogens is 2. The molecule has 0 bridgehead atoms. The van der Waals surface area contributed by atoms with Crippen LogP contribution in [-0.4, -0.2) is 66.1 Å². The summed E-state index contributed by atoms with van der Waals surface area (Å²) in [7, 11) is 0. The zero-order valence-electron chi connectivity index (χ0n) is 42.5. The zero-order valence-corrected chi connectivity index (χ0v) is 42.5. The van der Waals surface area contributed by atoms with Gasteiger partial charge in [-0.2, -0.15) is 0 Å². The molecule has 14 heteroatoms. The summed E-state index contributed by atoms with van der Waals surface area (Å²) in [6, 6.07) is 30.0. The lowest BCUT2D eigenvalue weighted by molar-refractivity contribution is 0.0551. The molecule has 10 aromatic rings. The predicted molar refractivity (Wildman–Crippen MR) is 282 cm³/mol. The van der Waals surface area contributed by atoms with Crippen LogP contribution in [0.2, 0.25) is 0 Å². The largest absolute Gasteiger partial charge is 0.386 e. The van der Waals surface area contributed by atoms with Crippen LogP contribution in [0.25, 0.3) is 66.1 Å². The smallest absolute Gasteiger partial charge is 0.141 e. The number of ether oxygens (including phenoxy) is 2. The minimum atomic E-state index is -1.00. The van der Waals surface area contributed by atoms with Crippen molar-refractivity contribution in [3.8, 4) is 22.3 Å². The first-order valence-electron chi connectivity index (χ1n) is 25.4. The highest BCUT2D eigenvalue weighted by molar-refractivity contribution is 6.08. The summed E-state index contributed by atoms with van der Waals surface area (Å²) in [5.41, 5.74) is 11.0. The Hall–Kier alpha value is -7.10. The Labute approximate surface area is 427 Å². The lowest BCUT2D eigenvalue weighted by Crippen LogP contribution is -2.27. The number of hydrogen-bond donors (Lipinski definition) is 2. The molecule has 8 heterocycles. The van der Waals surface area contributed by atoms with Gasteiger partial charge >= 0.3 is 0 Å². The highest BCUT2D eigenvalue weighted by Gasteiger charge is 2.33. The Balaban J connectivity index is 0.000000159. The molecule has 74 heavy (non-hydrogen) atoms. The Bertz CT molecular complexity index is 3390. The Morgan fingerprint density at radius 1 is 0.514 bits per heavy atom. The van der Waals surface area contributed by atoms with E-state index in [4.69, 9.17) is 28.5 Å². The molecule has 0 spiro atoms. The van der Waals surface area contributed by atoms with Gasteiger partial charge in [0.2, 0.25) is 0 Å². The molecule has 2 unspecified atom stereocenters. The number of nitrogens with zero attached hydrogens (tertiary/aromatic N) is 6. The minimum absolute atomic E-state index is 0.0674. The maximum atomic E-state index is 14.0. The molecule has 6 aromatic heterocycles. The second-order valence-corrected chi connectivity index (χ2v) is 21.0. The van der Waals surface area contributed by atoms with Crippen molar-refractivity contribution < 1.29 is 37.5 Å². The van der Waals surface area contributed by atoms with E-state index >= 15 is 0 Å². The fourth-order valence-corrected chi connectivity index (χ4v) is 11.3. The fraction of sp³-hybridized carbons (Fsp3) is 0.333. The van der Waals surface area contributed by atoms with E-state index in [2.05, 4.69) is 43.7 Å². The van der Waals surface area contributed by atoms with E-state index in [9.17, 15) is 19.0 Å². The quantitative estimate of drug-likeness (QED) is 0.136. The molecule has 2 aliphatic rings. The number of aliphatic hydroxyl groups is 2. The average Bonchev–Trinajstić information content (AvgIpc) is 4.18. The number of fused-ring (bicyclic) bond motifs is 6. The number of pyridine rings is 2. The third-order valence-electron chi connectivity index (χ3n) is 15.2. The first kappa shape index (κ1) is 49.1. The monoisotopic (exact) mass is 998 g/mol. The van der Waals surface area contributed by atoms with E-state index < -0.39 is 11.2 Å². The van der Waals surface area contributed by atoms with Gasteiger partial charge in [0.15, 0.2) is 0 Å². The van der Waals surface area contributed by atoms with Gasteiger partial charge in [-0.3, -0.25) is 9.97 Å². The molecule has 2 N–H and O–H groups in total. The third-order valence-corrected chi connectivity index (χ3v) is 15.2. The van der Waals surface area contributed by atoms with Crippen molar-refractivity contribution in [3.63, 3.8) is 0 Å². The Kier molecular flexibility index (Phi) is 13.0. The normalized spacial score (nSPS) is 16.0. The summed E-state index contributed by atoms with van der Waals surface area (Å²) in [6.07, 6.45) is 10.7. The van der Waals surface area contributed by atoms with Gasteiger partial charge in [-0.05, 0) is 150 Å². The molecule has 4 aromatic carbocycles. The summed E-state index contributed by atoms with van der Waals surface area (Å²) in [5.74, 6) is 1.51. The van der Waals surface area contributed by atoms with Crippen molar-refractivity contribution >= 4 is 43.9 Å². The van der Waals surface area contributed by atoms with E-state index in [0.717, 1.165) is 126 Å². The maximum Gasteiger partial charge on any atom is 0.141 e. The van der Waals surface area contributed by atoms with Crippen LogP contribution in [0.3, 0.4) is 0 Å². The number of rotatable bonds is 10. The highest BCUT2D eigenvalue weighted by atomic mass is 19.1. The van der Waals surface area contributed by atoms with Gasteiger partial charge in [0, 0.05) is 71.8 Å². The summed E-state index contributed by atoms with van der Waals surface area (Å²) in [6.45, 7) is 13.7. The Morgan fingerprint density at radius 2 is 0.892 bits per heavy atom. The number of aryl methyl sites for hydroxylation is 2.